The largest absolute Gasteiger partial charge is 0.491 e. The molecule has 0 aliphatic heterocycles. The van der Waals surface area contributed by atoms with E-state index < -0.39 is 5.82 Å². The maximum atomic E-state index is 13.5. The maximum absolute atomic E-state index is 13.5. The summed E-state index contributed by atoms with van der Waals surface area (Å²) in [6, 6.07) is 2.89. The second-order valence-electron chi connectivity index (χ2n) is 3.59. The molecule has 0 saturated carbocycles. The molecule has 0 saturated heterocycles. The van der Waals surface area contributed by atoms with Crippen LogP contribution in [-0.4, -0.2) is 24.7 Å². The van der Waals surface area contributed by atoms with E-state index in [1.165, 1.54) is 6.07 Å². The van der Waals surface area contributed by atoms with Crippen LogP contribution in [0.2, 0.25) is 0 Å². The summed E-state index contributed by atoms with van der Waals surface area (Å²) < 4.78 is 18.6. The number of rotatable bonds is 8. The number of halogens is 1. The number of ether oxygens (including phenoxy) is 1. The van der Waals surface area contributed by atoms with Crippen LogP contribution in [0, 0.1) is 5.82 Å². The summed E-state index contributed by atoms with van der Waals surface area (Å²) >= 11 is 1.77. The summed E-state index contributed by atoms with van der Waals surface area (Å²) in [5.41, 5.74) is 6.85. The smallest absolute Gasteiger partial charge is 0.167 e. The molecule has 0 atom stereocenters. The molecule has 1 aromatic rings. The van der Waals surface area contributed by atoms with Crippen molar-refractivity contribution in [2.75, 3.05) is 35.7 Å². The van der Waals surface area contributed by atoms with Crippen LogP contribution in [0.3, 0.4) is 0 Å². The van der Waals surface area contributed by atoms with Crippen LogP contribution in [0.5, 0.6) is 5.75 Å². The fraction of sp³-hybridized carbons (Fsp3) is 0.385. The Morgan fingerprint density at radius 1 is 1.56 bits per heavy atom. The summed E-state index contributed by atoms with van der Waals surface area (Å²) in [5, 5.41) is 3.17. The molecule has 100 valence electrons. The molecule has 3 nitrogen and oxygen atoms in total. The Kier molecular flexibility index (Phi) is 6.43. The monoisotopic (exact) mass is 270 g/mol. The van der Waals surface area contributed by atoms with E-state index in [-0.39, 0.29) is 5.75 Å². The zero-order valence-corrected chi connectivity index (χ0v) is 11.4. The number of nitrogen functional groups attached to an aromatic ring is 1. The van der Waals surface area contributed by atoms with Crippen molar-refractivity contribution in [3.8, 4) is 5.75 Å². The average molecular weight is 270 g/mol. The predicted octanol–water partition coefficient (Wildman–Crippen LogP) is 3.14. The highest BCUT2D eigenvalue weighted by atomic mass is 32.2. The first-order valence-corrected chi connectivity index (χ1v) is 6.98. The summed E-state index contributed by atoms with van der Waals surface area (Å²) in [7, 11) is 0. The van der Waals surface area contributed by atoms with Gasteiger partial charge < -0.3 is 15.8 Å². The third-order valence-electron chi connectivity index (χ3n) is 2.20. The number of nitrogens with one attached hydrogen (secondary N) is 1. The Hall–Kier alpha value is -1.36. The fourth-order valence-electron chi connectivity index (χ4n) is 1.41. The highest BCUT2D eigenvalue weighted by Gasteiger charge is 2.08. The van der Waals surface area contributed by atoms with Crippen molar-refractivity contribution in [1.29, 1.82) is 0 Å². The summed E-state index contributed by atoms with van der Waals surface area (Å²) in [5.74, 6) is 1.66. The van der Waals surface area contributed by atoms with Crippen LogP contribution in [0.15, 0.2) is 24.8 Å². The molecule has 5 heteroatoms. The van der Waals surface area contributed by atoms with Crippen molar-refractivity contribution in [3.05, 3.63) is 30.6 Å². The minimum absolute atomic E-state index is 0.230. The van der Waals surface area contributed by atoms with E-state index in [1.54, 1.807) is 17.8 Å². The normalized spacial score (nSPS) is 10.1. The maximum Gasteiger partial charge on any atom is 0.167 e. The molecular weight excluding hydrogens is 251 g/mol. The van der Waals surface area contributed by atoms with Crippen molar-refractivity contribution < 1.29 is 9.13 Å². The second-order valence-corrected chi connectivity index (χ2v) is 4.74. The van der Waals surface area contributed by atoms with E-state index in [0.717, 1.165) is 18.1 Å². The quantitative estimate of drug-likeness (QED) is 0.433. The average Bonchev–Trinajstić information content (AvgIpc) is 2.34. The Morgan fingerprint density at radius 2 is 2.33 bits per heavy atom. The molecule has 1 aromatic carbocycles. The van der Waals surface area contributed by atoms with Gasteiger partial charge in [0, 0.05) is 30.2 Å². The van der Waals surface area contributed by atoms with Crippen molar-refractivity contribution in [2.45, 2.75) is 6.92 Å². The molecule has 0 heterocycles. The van der Waals surface area contributed by atoms with Gasteiger partial charge in [0.15, 0.2) is 11.6 Å². The van der Waals surface area contributed by atoms with Crippen LogP contribution in [0.4, 0.5) is 15.8 Å². The molecular formula is C13H19FN2OS. The van der Waals surface area contributed by atoms with E-state index >= 15 is 0 Å². The minimum Gasteiger partial charge on any atom is -0.491 e. The van der Waals surface area contributed by atoms with Gasteiger partial charge in [-0.05, 0) is 6.92 Å². The third-order valence-corrected chi connectivity index (χ3v) is 3.17. The van der Waals surface area contributed by atoms with E-state index in [4.69, 9.17) is 10.5 Å². The van der Waals surface area contributed by atoms with Gasteiger partial charge >= 0.3 is 0 Å². The van der Waals surface area contributed by atoms with Gasteiger partial charge in [0.1, 0.15) is 0 Å². The number of hydrogen-bond donors (Lipinski definition) is 2. The topological polar surface area (TPSA) is 47.3 Å². The van der Waals surface area contributed by atoms with Crippen molar-refractivity contribution in [3.63, 3.8) is 0 Å². The first-order chi connectivity index (χ1) is 8.69. The fourth-order valence-corrected chi connectivity index (χ4v) is 1.99. The number of anilines is 2. The van der Waals surface area contributed by atoms with E-state index in [2.05, 4.69) is 11.9 Å². The number of thioether (sulfide) groups is 1. The lowest BCUT2D eigenvalue weighted by Gasteiger charge is -2.12. The Balaban J connectivity index is 2.58. The molecule has 0 aliphatic carbocycles. The van der Waals surface area contributed by atoms with Crippen LogP contribution in [0.1, 0.15) is 6.92 Å². The van der Waals surface area contributed by atoms with E-state index in [9.17, 15) is 4.39 Å². The molecule has 0 spiro atoms. The van der Waals surface area contributed by atoms with Crippen molar-refractivity contribution >= 4 is 23.1 Å². The van der Waals surface area contributed by atoms with Gasteiger partial charge in [0.2, 0.25) is 0 Å². The van der Waals surface area contributed by atoms with Crippen LogP contribution in [0.25, 0.3) is 0 Å². The lowest BCUT2D eigenvalue weighted by Crippen LogP contribution is -2.07. The lowest BCUT2D eigenvalue weighted by atomic mass is 10.2. The molecule has 3 N–H and O–H groups in total. The molecule has 1 rings (SSSR count). The first kappa shape index (κ1) is 14.7. The molecule has 18 heavy (non-hydrogen) atoms. The van der Waals surface area contributed by atoms with E-state index in [0.29, 0.717) is 18.0 Å². The molecule has 0 radical (unpaired) electrons. The lowest BCUT2D eigenvalue weighted by molar-refractivity contribution is 0.322. The van der Waals surface area contributed by atoms with Gasteiger partial charge in [-0.1, -0.05) is 6.08 Å². The molecule has 0 amide bonds. The number of hydrogen-bond acceptors (Lipinski definition) is 4. The van der Waals surface area contributed by atoms with Gasteiger partial charge in [-0.25, -0.2) is 4.39 Å². The van der Waals surface area contributed by atoms with Gasteiger partial charge in [0.25, 0.3) is 0 Å². The standard InChI is InChI=1S/C13H19FN2OS/c1-3-6-18-7-5-16-12-9-13(17-4-2)10(14)8-11(12)15/h3,8-9,16H,1,4-7,15H2,2H3. The summed E-state index contributed by atoms with van der Waals surface area (Å²) in [4.78, 5) is 0. The van der Waals surface area contributed by atoms with Gasteiger partial charge in [-0.15, -0.1) is 6.58 Å². The third kappa shape index (κ3) is 4.49. The zero-order chi connectivity index (χ0) is 13.4. The number of benzene rings is 1. The minimum atomic E-state index is -0.430. The zero-order valence-electron chi connectivity index (χ0n) is 10.5. The van der Waals surface area contributed by atoms with Crippen LogP contribution in [-0.2, 0) is 0 Å². The summed E-state index contributed by atoms with van der Waals surface area (Å²) in [6.07, 6.45) is 1.87. The van der Waals surface area contributed by atoms with Crippen molar-refractivity contribution in [1.82, 2.24) is 0 Å². The molecule has 0 unspecified atom stereocenters. The Morgan fingerprint density at radius 3 is 3.00 bits per heavy atom. The van der Waals surface area contributed by atoms with Crippen LogP contribution >= 0.6 is 11.8 Å². The Labute approximate surface area is 112 Å². The molecule has 0 bridgehead atoms. The summed E-state index contributed by atoms with van der Waals surface area (Å²) in [6.45, 7) is 6.66. The number of nitrogens with two attached hydrogens (primary N) is 1. The highest BCUT2D eigenvalue weighted by molar-refractivity contribution is 7.99. The van der Waals surface area contributed by atoms with E-state index in [1.807, 2.05) is 13.0 Å². The van der Waals surface area contributed by atoms with Gasteiger partial charge in [-0.2, -0.15) is 11.8 Å². The van der Waals surface area contributed by atoms with Crippen LogP contribution < -0.4 is 15.8 Å². The Bertz CT molecular complexity index is 399. The van der Waals surface area contributed by atoms with Gasteiger partial charge in [-0.3, -0.25) is 0 Å². The first-order valence-electron chi connectivity index (χ1n) is 5.83. The predicted molar refractivity (Wildman–Crippen MR) is 78.0 cm³/mol. The molecule has 0 aliphatic rings. The highest BCUT2D eigenvalue weighted by Crippen LogP contribution is 2.28. The van der Waals surface area contributed by atoms with Gasteiger partial charge in [0.05, 0.1) is 18.0 Å². The molecule has 0 aromatic heterocycles. The second kappa shape index (κ2) is 7.87. The molecule has 0 fully saturated rings. The SMILES string of the molecule is C=CCSCCNc1cc(OCC)c(F)cc1N. The van der Waals surface area contributed by atoms with Crippen molar-refractivity contribution in [2.24, 2.45) is 0 Å².